The van der Waals surface area contributed by atoms with Crippen molar-refractivity contribution in [3.63, 3.8) is 0 Å². The number of nitrogens with two attached hydrogens (primary N) is 1. The number of ether oxygens (including phenoxy) is 2. The minimum atomic E-state index is -5.08. The van der Waals surface area contributed by atoms with E-state index in [2.05, 4.69) is 20.7 Å². The molecular weight excluding hydrogens is 557 g/mol. The number of nitrogens with one attached hydrogen (secondary N) is 3. The predicted molar refractivity (Wildman–Crippen MR) is 137 cm³/mol. The van der Waals surface area contributed by atoms with E-state index >= 15 is 0 Å². The quantitative estimate of drug-likeness (QED) is 0.192. The molecule has 2 heterocycles. The number of H-pyrrole nitrogens is 1. The number of alkyl halides is 2. The molecule has 40 heavy (non-hydrogen) atoms. The first kappa shape index (κ1) is 28.4. The van der Waals surface area contributed by atoms with E-state index in [9.17, 15) is 26.4 Å². The van der Waals surface area contributed by atoms with Gasteiger partial charge in [-0.2, -0.15) is 13.9 Å². The second kappa shape index (κ2) is 11.7. The second-order valence-corrected chi connectivity index (χ2v) is 10.0. The van der Waals surface area contributed by atoms with Crippen molar-refractivity contribution in [2.45, 2.75) is 18.8 Å². The molecule has 0 aliphatic rings. The summed E-state index contributed by atoms with van der Waals surface area (Å²) in [6, 6.07) is 10.6. The van der Waals surface area contributed by atoms with Crippen LogP contribution in [0.25, 0.3) is 11.3 Å². The number of carbonyl (C=O) groups excluding carboxylic acids is 1. The minimum absolute atomic E-state index is 0.0179. The molecule has 2 aromatic heterocycles. The zero-order valence-corrected chi connectivity index (χ0v) is 21.8. The lowest BCUT2D eigenvalue weighted by Crippen LogP contribution is -2.22. The van der Waals surface area contributed by atoms with Crippen LogP contribution in [0, 0.1) is 12.7 Å². The third kappa shape index (κ3) is 6.35. The predicted octanol–water partition coefficient (Wildman–Crippen LogP) is 4.09. The van der Waals surface area contributed by atoms with Crippen LogP contribution >= 0.6 is 0 Å². The number of nitrogens with zero attached hydrogens (tertiary/aromatic N) is 2. The summed E-state index contributed by atoms with van der Waals surface area (Å²) >= 11 is 0. The van der Waals surface area contributed by atoms with E-state index in [1.54, 1.807) is 17.7 Å². The third-order valence-electron chi connectivity index (χ3n) is 5.47. The number of methoxy groups -OCH3 is 1. The molecule has 0 radical (unpaired) electrons. The van der Waals surface area contributed by atoms with E-state index in [4.69, 9.17) is 19.7 Å². The average Bonchev–Trinajstić information content (AvgIpc) is 3.51. The van der Waals surface area contributed by atoms with Gasteiger partial charge in [-0.25, -0.2) is 12.8 Å². The zero-order valence-electron chi connectivity index (χ0n) is 20.9. The van der Waals surface area contributed by atoms with Crippen LogP contribution in [0.2, 0.25) is 0 Å². The molecule has 0 aliphatic carbocycles. The summed E-state index contributed by atoms with van der Waals surface area (Å²) in [6.45, 7) is 1.59. The van der Waals surface area contributed by atoms with Crippen LogP contribution in [0.3, 0.4) is 0 Å². The third-order valence-corrected chi connectivity index (χ3v) is 6.45. The average molecular weight is 581 g/mol. The molecule has 12 nitrogen and oxygen atoms in total. The maximum atomic E-state index is 13.5. The van der Waals surface area contributed by atoms with Crippen molar-refractivity contribution in [1.29, 1.82) is 0 Å². The number of aromatic nitrogens is 3. The van der Waals surface area contributed by atoms with Crippen molar-refractivity contribution in [3.8, 4) is 17.0 Å². The van der Waals surface area contributed by atoms with Crippen LogP contribution in [0.5, 0.6) is 5.75 Å². The molecule has 4 aromatic rings. The van der Waals surface area contributed by atoms with Crippen LogP contribution < -0.4 is 20.5 Å². The molecule has 4 rings (SSSR count). The second-order valence-electron chi connectivity index (χ2n) is 8.37. The molecular formula is C24H23F3N6O6S. The highest BCUT2D eigenvalue weighted by molar-refractivity contribution is 7.93. The van der Waals surface area contributed by atoms with Crippen molar-refractivity contribution in [1.82, 2.24) is 15.4 Å². The molecule has 1 unspecified atom stereocenters. The van der Waals surface area contributed by atoms with Crippen LogP contribution in [0.4, 0.5) is 30.5 Å². The molecule has 0 saturated carbocycles. The van der Waals surface area contributed by atoms with Gasteiger partial charge in [-0.3, -0.25) is 14.6 Å². The summed E-state index contributed by atoms with van der Waals surface area (Å²) in [5, 5.41) is 13.3. The van der Waals surface area contributed by atoms with Crippen molar-refractivity contribution in [3.05, 3.63) is 71.2 Å². The summed E-state index contributed by atoms with van der Waals surface area (Å²) in [5.74, 6) is -4.55. The maximum absolute atomic E-state index is 13.5. The van der Waals surface area contributed by atoms with Gasteiger partial charge in [-0.1, -0.05) is 23.4 Å². The number of carbonyl (C=O) groups is 1. The van der Waals surface area contributed by atoms with Crippen LogP contribution in [-0.4, -0.2) is 49.2 Å². The van der Waals surface area contributed by atoms with Gasteiger partial charge in [0.15, 0.2) is 11.6 Å². The fourth-order valence-corrected chi connectivity index (χ4v) is 4.23. The van der Waals surface area contributed by atoms with Gasteiger partial charge in [0.25, 0.3) is 15.9 Å². The molecule has 0 spiro atoms. The maximum Gasteiger partial charge on any atom is 0.355 e. The first-order chi connectivity index (χ1) is 19.0. The Kier molecular flexibility index (Phi) is 8.29. The van der Waals surface area contributed by atoms with Gasteiger partial charge in [0.05, 0.1) is 18.0 Å². The molecule has 0 bridgehead atoms. The van der Waals surface area contributed by atoms with E-state index < -0.39 is 33.6 Å². The van der Waals surface area contributed by atoms with Crippen molar-refractivity contribution >= 4 is 33.3 Å². The molecule has 16 heteroatoms. The summed E-state index contributed by atoms with van der Waals surface area (Å²) in [7, 11) is -3.70. The van der Waals surface area contributed by atoms with E-state index in [1.165, 1.54) is 49.6 Å². The Morgan fingerprint density at radius 2 is 1.90 bits per heavy atom. The summed E-state index contributed by atoms with van der Waals surface area (Å²) < 4.78 is 81.7. The van der Waals surface area contributed by atoms with Crippen LogP contribution in [0.1, 0.15) is 27.8 Å². The Bertz CT molecular complexity index is 1610. The van der Waals surface area contributed by atoms with Gasteiger partial charge in [0, 0.05) is 18.7 Å². The number of hydrogen-bond acceptors (Lipinski definition) is 9. The van der Waals surface area contributed by atoms with E-state index in [1.807, 2.05) is 0 Å². The number of halogens is 3. The number of benzene rings is 2. The SMILES string of the molecule is COCC(Oc1cc(-c2[nH]nc(Nc3cc(C)on3)c2C(N)=O)ccc1NS(=O)(=O)C(F)F)c1ccc(F)cc1. The van der Waals surface area contributed by atoms with Crippen LogP contribution in [-0.2, 0) is 14.8 Å². The molecule has 0 saturated heterocycles. The highest BCUT2D eigenvalue weighted by Crippen LogP contribution is 2.37. The lowest BCUT2D eigenvalue weighted by molar-refractivity contribution is 0.0815. The number of rotatable bonds is 12. The Labute approximate surface area is 225 Å². The van der Waals surface area contributed by atoms with E-state index in [0.29, 0.717) is 11.3 Å². The lowest BCUT2D eigenvalue weighted by atomic mass is 10.1. The van der Waals surface area contributed by atoms with Crippen molar-refractivity contribution in [2.75, 3.05) is 23.8 Å². The van der Waals surface area contributed by atoms with Gasteiger partial charge < -0.3 is 25.0 Å². The number of aryl methyl sites for hydroxylation is 1. The first-order valence-corrected chi connectivity index (χ1v) is 13.0. The molecule has 0 aliphatic heterocycles. The molecule has 1 atom stereocenters. The Morgan fingerprint density at radius 1 is 1.18 bits per heavy atom. The Morgan fingerprint density at radius 3 is 2.50 bits per heavy atom. The van der Waals surface area contributed by atoms with E-state index in [-0.39, 0.29) is 46.5 Å². The van der Waals surface area contributed by atoms with Gasteiger partial charge >= 0.3 is 5.76 Å². The summed E-state index contributed by atoms with van der Waals surface area (Å²) in [4.78, 5) is 12.4. The largest absolute Gasteiger partial charge is 0.481 e. The van der Waals surface area contributed by atoms with Crippen molar-refractivity contribution < 1.29 is 40.4 Å². The van der Waals surface area contributed by atoms with E-state index in [0.717, 1.165) is 0 Å². The fourth-order valence-electron chi connectivity index (χ4n) is 3.67. The first-order valence-electron chi connectivity index (χ1n) is 11.4. The molecule has 5 N–H and O–H groups in total. The number of amides is 1. The number of sulfonamides is 1. The molecule has 2 aromatic carbocycles. The van der Waals surface area contributed by atoms with Gasteiger partial charge in [0.1, 0.15) is 29.0 Å². The highest BCUT2D eigenvalue weighted by Gasteiger charge is 2.27. The number of hydrogen-bond donors (Lipinski definition) is 4. The van der Waals surface area contributed by atoms with Gasteiger partial charge in [-0.05, 0) is 36.8 Å². The minimum Gasteiger partial charge on any atom is -0.481 e. The van der Waals surface area contributed by atoms with Crippen LogP contribution in [0.15, 0.2) is 53.1 Å². The zero-order chi connectivity index (χ0) is 29.0. The fraction of sp³-hybridized carbons (Fsp3) is 0.208. The summed E-state index contributed by atoms with van der Waals surface area (Å²) in [6.07, 6.45) is -0.916. The lowest BCUT2D eigenvalue weighted by Gasteiger charge is -2.22. The number of anilines is 3. The highest BCUT2D eigenvalue weighted by atomic mass is 32.2. The monoisotopic (exact) mass is 580 g/mol. The van der Waals surface area contributed by atoms with Gasteiger partial charge in [0.2, 0.25) is 0 Å². The normalized spacial score (nSPS) is 12.3. The topological polar surface area (TPSA) is 174 Å². The molecule has 0 fully saturated rings. The molecule has 212 valence electrons. The Hall–Kier alpha value is -4.57. The van der Waals surface area contributed by atoms with Gasteiger partial charge in [-0.15, -0.1) is 0 Å². The van der Waals surface area contributed by atoms with Crippen molar-refractivity contribution in [2.24, 2.45) is 5.73 Å². The standard InChI is InChI=1S/C24H23F3N6O6S/c1-12-9-19(32-39-12)29-23-20(22(28)34)21(30-31-23)14-5-8-16(33-40(35,36)24(26)27)17(10-14)38-18(11-37-2)13-3-6-15(25)7-4-13/h3-10,18,24,33H,11H2,1-2H3,(H2,28,34)(H2,29,30,31,32). The number of primary amides is 1. The molecule has 1 amide bonds. The Balaban J connectivity index is 1.79. The smallest absolute Gasteiger partial charge is 0.355 e. The number of aromatic amines is 1. The summed E-state index contributed by atoms with van der Waals surface area (Å²) in [5.41, 5.74) is 5.99.